The van der Waals surface area contributed by atoms with Crippen molar-refractivity contribution in [2.45, 2.75) is 6.92 Å². The van der Waals surface area contributed by atoms with E-state index in [1.54, 1.807) is 17.9 Å². The number of aromatic nitrogens is 1. The molecule has 0 bridgehead atoms. The van der Waals surface area contributed by atoms with Gasteiger partial charge in [0.15, 0.2) is 6.61 Å². The molecule has 1 aromatic heterocycles. The SMILES string of the molecule is Cc1cc(OCC(=O)N2CCOCC2)no1. The van der Waals surface area contributed by atoms with Crippen LogP contribution in [-0.4, -0.2) is 48.9 Å². The third kappa shape index (κ3) is 2.73. The van der Waals surface area contributed by atoms with E-state index in [1.807, 2.05) is 0 Å². The second-order valence-corrected chi connectivity index (χ2v) is 3.56. The molecule has 1 aliphatic rings. The lowest BCUT2D eigenvalue weighted by Crippen LogP contribution is -2.43. The summed E-state index contributed by atoms with van der Waals surface area (Å²) in [6.07, 6.45) is 0. The summed E-state index contributed by atoms with van der Waals surface area (Å²) in [4.78, 5) is 13.4. The molecule has 0 aliphatic carbocycles. The fraction of sp³-hybridized carbons (Fsp3) is 0.600. The molecule has 2 heterocycles. The second-order valence-electron chi connectivity index (χ2n) is 3.56. The Balaban J connectivity index is 1.78. The minimum Gasteiger partial charge on any atom is -0.465 e. The topological polar surface area (TPSA) is 64.8 Å². The summed E-state index contributed by atoms with van der Waals surface area (Å²) in [6, 6.07) is 1.65. The zero-order chi connectivity index (χ0) is 11.4. The van der Waals surface area contributed by atoms with Crippen LogP contribution in [0.15, 0.2) is 10.6 Å². The highest BCUT2D eigenvalue weighted by Gasteiger charge is 2.17. The quantitative estimate of drug-likeness (QED) is 0.737. The molecule has 0 atom stereocenters. The number of carbonyl (C=O) groups excluding carboxylic acids is 1. The lowest BCUT2D eigenvalue weighted by atomic mass is 10.4. The molecule has 6 heteroatoms. The first-order valence-corrected chi connectivity index (χ1v) is 5.17. The maximum atomic E-state index is 11.7. The molecule has 1 aliphatic heterocycles. The van der Waals surface area contributed by atoms with E-state index in [9.17, 15) is 4.79 Å². The molecule has 0 aromatic carbocycles. The Morgan fingerprint density at radius 3 is 2.94 bits per heavy atom. The van der Waals surface area contributed by atoms with Gasteiger partial charge in [-0.1, -0.05) is 0 Å². The molecule has 1 amide bonds. The Morgan fingerprint density at radius 2 is 2.31 bits per heavy atom. The van der Waals surface area contributed by atoms with E-state index in [0.29, 0.717) is 37.9 Å². The van der Waals surface area contributed by atoms with E-state index >= 15 is 0 Å². The molecule has 0 N–H and O–H groups in total. The second kappa shape index (κ2) is 4.98. The highest BCUT2D eigenvalue weighted by molar-refractivity contribution is 5.77. The third-order valence-electron chi connectivity index (χ3n) is 2.31. The minimum absolute atomic E-state index is 0.00796. The van der Waals surface area contributed by atoms with Gasteiger partial charge in [-0.3, -0.25) is 4.79 Å². The molecule has 0 spiro atoms. The molecule has 0 unspecified atom stereocenters. The largest absolute Gasteiger partial charge is 0.465 e. The zero-order valence-corrected chi connectivity index (χ0v) is 9.14. The van der Waals surface area contributed by atoms with Crippen LogP contribution in [0.1, 0.15) is 5.76 Å². The van der Waals surface area contributed by atoms with Crippen molar-refractivity contribution in [3.8, 4) is 5.88 Å². The lowest BCUT2D eigenvalue weighted by Gasteiger charge is -2.26. The van der Waals surface area contributed by atoms with Gasteiger partial charge in [-0.2, -0.15) is 0 Å². The molecule has 6 nitrogen and oxygen atoms in total. The van der Waals surface area contributed by atoms with Crippen molar-refractivity contribution in [2.75, 3.05) is 32.9 Å². The van der Waals surface area contributed by atoms with Crippen molar-refractivity contribution in [3.63, 3.8) is 0 Å². The van der Waals surface area contributed by atoms with Gasteiger partial charge in [0.2, 0.25) is 0 Å². The summed E-state index contributed by atoms with van der Waals surface area (Å²) in [6.45, 7) is 4.19. The smallest absolute Gasteiger partial charge is 0.260 e. The molecule has 0 radical (unpaired) electrons. The lowest BCUT2D eigenvalue weighted by molar-refractivity contribution is -0.137. The molecule has 2 rings (SSSR count). The average molecular weight is 226 g/mol. The van der Waals surface area contributed by atoms with Gasteiger partial charge in [-0.05, 0) is 12.1 Å². The van der Waals surface area contributed by atoms with Crippen LogP contribution in [-0.2, 0) is 9.53 Å². The predicted molar refractivity (Wildman–Crippen MR) is 54.1 cm³/mol. The van der Waals surface area contributed by atoms with Gasteiger partial charge in [-0.15, -0.1) is 0 Å². The Kier molecular flexibility index (Phi) is 3.40. The van der Waals surface area contributed by atoms with E-state index in [4.69, 9.17) is 14.0 Å². The highest BCUT2D eigenvalue weighted by atomic mass is 16.5. The summed E-state index contributed by atoms with van der Waals surface area (Å²) in [5.74, 6) is 0.955. The van der Waals surface area contributed by atoms with Crippen LogP contribution < -0.4 is 4.74 Å². The Labute approximate surface area is 93.1 Å². The molecule has 0 saturated carbocycles. The molecule has 1 saturated heterocycles. The van der Waals surface area contributed by atoms with E-state index in [-0.39, 0.29) is 12.5 Å². The van der Waals surface area contributed by atoms with Crippen molar-refractivity contribution in [3.05, 3.63) is 11.8 Å². The van der Waals surface area contributed by atoms with Crippen molar-refractivity contribution in [1.29, 1.82) is 0 Å². The number of morpholine rings is 1. The van der Waals surface area contributed by atoms with Gasteiger partial charge in [0.05, 0.1) is 13.2 Å². The Bertz CT molecular complexity index is 357. The van der Waals surface area contributed by atoms with Crippen LogP contribution in [0.2, 0.25) is 0 Å². The maximum Gasteiger partial charge on any atom is 0.260 e. The van der Waals surface area contributed by atoms with E-state index < -0.39 is 0 Å². The molecule has 88 valence electrons. The van der Waals surface area contributed by atoms with Crippen LogP contribution in [0.25, 0.3) is 0 Å². The van der Waals surface area contributed by atoms with Gasteiger partial charge < -0.3 is 18.9 Å². The highest BCUT2D eigenvalue weighted by Crippen LogP contribution is 2.10. The number of carbonyl (C=O) groups is 1. The number of hydrogen-bond acceptors (Lipinski definition) is 5. The van der Waals surface area contributed by atoms with E-state index in [0.717, 1.165) is 0 Å². The Morgan fingerprint density at radius 1 is 1.56 bits per heavy atom. The number of aryl methyl sites for hydroxylation is 1. The van der Waals surface area contributed by atoms with Crippen molar-refractivity contribution >= 4 is 5.91 Å². The standard InChI is InChI=1S/C10H14N2O4/c1-8-6-9(11-16-8)15-7-10(13)12-2-4-14-5-3-12/h6H,2-5,7H2,1H3. The molecule has 1 aromatic rings. The van der Waals surface area contributed by atoms with Gasteiger partial charge in [-0.25, -0.2) is 0 Å². The average Bonchev–Trinajstić information content (AvgIpc) is 2.73. The van der Waals surface area contributed by atoms with E-state index in [1.165, 1.54) is 0 Å². The van der Waals surface area contributed by atoms with Gasteiger partial charge in [0.25, 0.3) is 11.8 Å². The van der Waals surface area contributed by atoms with Crippen molar-refractivity contribution in [1.82, 2.24) is 10.1 Å². The summed E-state index contributed by atoms with van der Waals surface area (Å²) >= 11 is 0. The van der Waals surface area contributed by atoms with Crippen LogP contribution in [0.3, 0.4) is 0 Å². The third-order valence-corrected chi connectivity index (χ3v) is 2.31. The molecular weight excluding hydrogens is 212 g/mol. The zero-order valence-electron chi connectivity index (χ0n) is 9.14. The summed E-state index contributed by atoms with van der Waals surface area (Å²) < 4.78 is 15.2. The minimum atomic E-state index is -0.0519. The van der Waals surface area contributed by atoms with Gasteiger partial charge in [0.1, 0.15) is 5.76 Å². The maximum absolute atomic E-state index is 11.7. The van der Waals surface area contributed by atoms with Crippen LogP contribution in [0.5, 0.6) is 5.88 Å². The fourth-order valence-electron chi connectivity index (χ4n) is 1.45. The monoisotopic (exact) mass is 226 g/mol. The first kappa shape index (κ1) is 10.9. The Hall–Kier alpha value is -1.56. The van der Waals surface area contributed by atoms with Gasteiger partial charge in [0, 0.05) is 19.2 Å². The normalized spacial score (nSPS) is 16.2. The van der Waals surface area contributed by atoms with E-state index in [2.05, 4.69) is 5.16 Å². The number of ether oxygens (including phenoxy) is 2. The fourth-order valence-corrected chi connectivity index (χ4v) is 1.45. The summed E-state index contributed by atoms with van der Waals surface area (Å²) in [5.41, 5.74) is 0. The van der Waals surface area contributed by atoms with Crippen molar-refractivity contribution in [2.24, 2.45) is 0 Å². The molecule has 16 heavy (non-hydrogen) atoms. The van der Waals surface area contributed by atoms with Gasteiger partial charge >= 0.3 is 0 Å². The number of hydrogen-bond donors (Lipinski definition) is 0. The van der Waals surface area contributed by atoms with Crippen LogP contribution in [0, 0.1) is 6.92 Å². The first-order chi connectivity index (χ1) is 7.75. The predicted octanol–water partition coefficient (Wildman–Crippen LogP) is 0.221. The summed E-state index contributed by atoms with van der Waals surface area (Å²) in [7, 11) is 0. The molecule has 1 fully saturated rings. The van der Waals surface area contributed by atoms with Crippen molar-refractivity contribution < 1.29 is 18.8 Å². The number of nitrogens with zero attached hydrogens (tertiary/aromatic N) is 2. The summed E-state index contributed by atoms with van der Waals surface area (Å²) in [5, 5.41) is 3.64. The molecular formula is C10H14N2O4. The van der Waals surface area contributed by atoms with Crippen LogP contribution in [0.4, 0.5) is 0 Å². The first-order valence-electron chi connectivity index (χ1n) is 5.17. The number of amides is 1. The number of rotatable bonds is 3. The van der Waals surface area contributed by atoms with Crippen LogP contribution >= 0.6 is 0 Å².